The molecule has 0 aromatic heterocycles. The second kappa shape index (κ2) is 6.54. The topological polar surface area (TPSA) is 35.2 Å². The summed E-state index contributed by atoms with van der Waals surface area (Å²) in [5, 5.41) is 0. The molecule has 1 saturated carbocycles. The van der Waals surface area contributed by atoms with Crippen molar-refractivity contribution in [2.75, 3.05) is 13.2 Å². The molecule has 1 aliphatic rings. The number of hydrogen-bond donors (Lipinski definition) is 1. The molecular formula is C11H19F4NO. The highest BCUT2D eigenvalue weighted by atomic mass is 19.3. The summed E-state index contributed by atoms with van der Waals surface area (Å²) in [5.41, 5.74) is 5.75. The van der Waals surface area contributed by atoms with E-state index >= 15 is 0 Å². The summed E-state index contributed by atoms with van der Waals surface area (Å²) in [6, 6.07) is -0.244. The summed E-state index contributed by atoms with van der Waals surface area (Å²) >= 11 is 0. The minimum atomic E-state index is -2.55. The average molecular weight is 257 g/mol. The Morgan fingerprint density at radius 1 is 1.35 bits per heavy atom. The Morgan fingerprint density at radius 2 is 2.06 bits per heavy atom. The van der Waals surface area contributed by atoms with E-state index < -0.39 is 19.0 Å². The Balaban J connectivity index is 2.07. The van der Waals surface area contributed by atoms with E-state index in [1.807, 2.05) is 0 Å². The second-order valence-corrected chi connectivity index (χ2v) is 4.72. The van der Waals surface area contributed by atoms with Crippen molar-refractivity contribution in [2.24, 2.45) is 11.7 Å². The molecule has 1 fully saturated rings. The van der Waals surface area contributed by atoms with Gasteiger partial charge in [0, 0.05) is 25.5 Å². The zero-order valence-corrected chi connectivity index (χ0v) is 9.68. The van der Waals surface area contributed by atoms with Crippen LogP contribution in [0.15, 0.2) is 0 Å². The van der Waals surface area contributed by atoms with Gasteiger partial charge in [0.1, 0.15) is 6.61 Å². The standard InChI is InChI=1S/C11H19F4NO/c12-10(13)7-17-4-2-9(16)5-8-1-3-11(14,15)6-8/h8-10H,1-7,16H2. The lowest BCUT2D eigenvalue weighted by Crippen LogP contribution is -2.25. The molecule has 102 valence electrons. The smallest absolute Gasteiger partial charge is 0.261 e. The summed E-state index contributed by atoms with van der Waals surface area (Å²) < 4.78 is 53.9. The van der Waals surface area contributed by atoms with Crippen LogP contribution in [0.2, 0.25) is 0 Å². The number of ether oxygens (including phenoxy) is 1. The lowest BCUT2D eigenvalue weighted by molar-refractivity contribution is 0.00346. The summed E-state index contributed by atoms with van der Waals surface area (Å²) in [5.74, 6) is -2.59. The van der Waals surface area contributed by atoms with Crippen LogP contribution in [0, 0.1) is 5.92 Å². The molecule has 2 unspecified atom stereocenters. The summed E-state index contributed by atoms with van der Waals surface area (Å²) in [4.78, 5) is 0. The fourth-order valence-electron chi connectivity index (χ4n) is 2.20. The molecule has 1 aliphatic carbocycles. The van der Waals surface area contributed by atoms with E-state index in [-0.39, 0.29) is 31.4 Å². The Morgan fingerprint density at radius 3 is 2.59 bits per heavy atom. The first kappa shape index (κ1) is 14.7. The Labute approximate surface area is 98.5 Å². The largest absolute Gasteiger partial charge is 0.375 e. The first-order valence-corrected chi connectivity index (χ1v) is 5.88. The zero-order chi connectivity index (χ0) is 12.9. The molecule has 0 bridgehead atoms. The molecule has 2 nitrogen and oxygen atoms in total. The Kier molecular flexibility index (Phi) is 5.66. The van der Waals surface area contributed by atoms with Crippen molar-refractivity contribution in [3.05, 3.63) is 0 Å². The number of alkyl halides is 4. The molecule has 2 atom stereocenters. The van der Waals surface area contributed by atoms with Gasteiger partial charge in [-0.1, -0.05) is 0 Å². The van der Waals surface area contributed by atoms with Crippen LogP contribution < -0.4 is 5.73 Å². The Hall–Kier alpha value is -0.360. The minimum absolute atomic E-state index is 0.0462. The maximum Gasteiger partial charge on any atom is 0.261 e. The second-order valence-electron chi connectivity index (χ2n) is 4.72. The molecule has 0 aliphatic heterocycles. The normalized spacial score (nSPS) is 25.4. The van der Waals surface area contributed by atoms with Crippen LogP contribution in [0.1, 0.15) is 32.1 Å². The van der Waals surface area contributed by atoms with E-state index in [9.17, 15) is 17.6 Å². The summed E-state index contributed by atoms with van der Waals surface area (Å²) in [6.45, 7) is -0.428. The van der Waals surface area contributed by atoms with Crippen molar-refractivity contribution in [1.82, 2.24) is 0 Å². The molecule has 2 N–H and O–H groups in total. The highest BCUT2D eigenvalue weighted by Crippen LogP contribution is 2.40. The van der Waals surface area contributed by atoms with Gasteiger partial charge in [-0.2, -0.15) is 0 Å². The van der Waals surface area contributed by atoms with Gasteiger partial charge in [0.2, 0.25) is 5.92 Å². The van der Waals surface area contributed by atoms with Crippen molar-refractivity contribution >= 4 is 0 Å². The van der Waals surface area contributed by atoms with Crippen LogP contribution in [0.4, 0.5) is 17.6 Å². The van der Waals surface area contributed by atoms with Gasteiger partial charge in [-0.3, -0.25) is 0 Å². The number of halogens is 4. The first-order chi connectivity index (χ1) is 7.89. The monoisotopic (exact) mass is 257 g/mol. The van der Waals surface area contributed by atoms with Crippen LogP contribution in [0.25, 0.3) is 0 Å². The molecular weight excluding hydrogens is 238 g/mol. The highest BCUT2D eigenvalue weighted by Gasteiger charge is 2.39. The molecule has 17 heavy (non-hydrogen) atoms. The molecule has 0 radical (unpaired) electrons. The van der Waals surface area contributed by atoms with Crippen LogP contribution in [-0.2, 0) is 4.74 Å². The van der Waals surface area contributed by atoms with Crippen molar-refractivity contribution in [2.45, 2.75) is 50.5 Å². The number of rotatable bonds is 7. The van der Waals surface area contributed by atoms with E-state index in [4.69, 9.17) is 10.5 Å². The molecule has 0 aromatic carbocycles. The van der Waals surface area contributed by atoms with Gasteiger partial charge in [-0.25, -0.2) is 17.6 Å². The number of nitrogens with two attached hydrogens (primary N) is 1. The molecule has 0 aromatic rings. The fraction of sp³-hybridized carbons (Fsp3) is 1.00. The van der Waals surface area contributed by atoms with Crippen LogP contribution in [-0.4, -0.2) is 31.6 Å². The van der Waals surface area contributed by atoms with E-state index in [0.29, 0.717) is 19.3 Å². The maximum atomic E-state index is 12.9. The van der Waals surface area contributed by atoms with E-state index in [2.05, 4.69) is 0 Å². The van der Waals surface area contributed by atoms with Gasteiger partial charge in [0.05, 0.1) is 0 Å². The van der Waals surface area contributed by atoms with Crippen molar-refractivity contribution in [3.63, 3.8) is 0 Å². The quantitative estimate of drug-likeness (QED) is 0.562. The summed E-state index contributed by atoms with van der Waals surface area (Å²) in [7, 11) is 0. The third-order valence-electron chi connectivity index (χ3n) is 3.02. The van der Waals surface area contributed by atoms with E-state index in [1.165, 1.54) is 0 Å². The van der Waals surface area contributed by atoms with Gasteiger partial charge >= 0.3 is 0 Å². The SMILES string of the molecule is NC(CCOCC(F)F)CC1CCC(F)(F)C1. The van der Waals surface area contributed by atoms with Crippen molar-refractivity contribution < 1.29 is 22.3 Å². The molecule has 6 heteroatoms. The van der Waals surface area contributed by atoms with Gasteiger partial charge in [0.25, 0.3) is 6.43 Å². The van der Waals surface area contributed by atoms with E-state index in [1.54, 1.807) is 0 Å². The lowest BCUT2D eigenvalue weighted by Gasteiger charge is -2.16. The predicted octanol–water partition coefficient (Wildman–Crippen LogP) is 2.81. The van der Waals surface area contributed by atoms with E-state index in [0.717, 1.165) is 0 Å². The molecule has 0 heterocycles. The first-order valence-electron chi connectivity index (χ1n) is 5.88. The average Bonchev–Trinajstić information content (AvgIpc) is 2.52. The van der Waals surface area contributed by atoms with Crippen LogP contribution in [0.5, 0.6) is 0 Å². The highest BCUT2D eigenvalue weighted by molar-refractivity contribution is 4.83. The molecule has 0 saturated heterocycles. The molecule has 0 spiro atoms. The third kappa shape index (κ3) is 6.21. The van der Waals surface area contributed by atoms with Crippen molar-refractivity contribution in [3.8, 4) is 0 Å². The fourth-order valence-corrected chi connectivity index (χ4v) is 2.20. The predicted molar refractivity (Wildman–Crippen MR) is 56.3 cm³/mol. The van der Waals surface area contributed by atoms with Gasteiger partial charge in [0.15, 0.2) is 0 Å². The Bertz CT molecular complexity index is 226. The third-order valence-corrected chi connectivity index (χ3v) is 3.02. The summed E-state index contributed by atoms with van der Waals surface area (Å²) in [6.07, 6.45) is -1.17. The van der Waals surface area contributed by atoms with Gasteiger partial charge in [-0.05, 0) is 25.2 Å². The zero-order valence-electron chi connectivity index (χ0n) is 9.68. The molecule has 1 rings (SSSR count). The minimum Gasteiger partial charge on any atom is -0.375 e. The molecule has 0 amide bonds. The maximum absolute atomic E-state index is 12.9. The van der Waals surface area contributed by atoms with Crippen LogP contribution in [0.3, 0.4) is 0 Å². The lowest BCUT2D eigenvalue weighted by atomic mass is 9.97. The van der Waals surface area contributed by atoms with Gasteiger partial charge in [-0.15, -0.1) is 0 Å². The van der Waals surface area contributed by atoms with Gasteiger partial charge < -0.3 is 10.5 Å². The van der Waals surface area contributed by atoms with Crippen molar-refractivity contribution in [1.29, 1.82) is 0 Å². The number of hydrogen-bond acceptors (Lipinski definition) is 2. The van der Waals surface area contributed by atoms with Crippen LogP contribution >= 0.6 is 0 Å².